The van der Waals surface area contributed by atoms with Gasteiger partial charge < -0.3 is 5.73 Å². The molecule has 0 aromatic carbocycles. The fraction of sp³-hybridized carbons (Fsp3) is 1.00. The summed E-state index contributed by atoms with van der Waals surface area (Å²) in [6, 6.07) is 0. The first-order chi connectivity index (χ1) is 8.01. The fourth-order valence-electron chi connectivity index (χ4n) is 3.24. The molecule has 1 saturated carbocycles. The Morgan fingerprint density at radius 2 is 2.00 bits per heavy atom. The molecule has 0 amide bonds. The zero-order valence-corrected chi connectivity index (χ0v) is 12.5. The number of thioether (sulfide) groups is 1. The molecule has 0 aromatic rings. The summed E-state index contributed by atoms with van der Waals surface area (Å²) in [7, 11) is 0. The van der Waals surface area contributed by atoms with Gasteiger partial charge in [0.15, 0.2) is 0 Å². The maximum absolute atomic E-state index is 6.18. The first-order valence-electron chi connectivity index (χ1n) is 7.04. The van der Waals surface area contributed by atoms with Gasteiger partial charge in [0.25, 0.3) is 0 Å². The molecule has 1 atom stereocenters. The first kappa shape index (κ1) is 13.7. The molecule has 2 fully saturated rings. The molecule has 17 heavy (non-hydrogen) atoms. The minimum absolute atomic E-state index is 0.268. The van der Waals surface area contributed by atoms with E-state index in [-0.39, 0.29) is 5.54 Å². The van der Waals surface area contributed by atoms with E-state index in [9.17, 15) is 0 Å². The normalized spacial score (nSPS) is 33.0. The fourth-order valence-corrected chi connectivity index (χ4v) is 4.78. The average molecular weight is 256 g/mol. The third kappa shape index (κ3) is 3.18. The lowest BCUT2D eigenvalue weighted by molar-refractivity contribution is 0.0689. The molecule has 2 nitrogen and oxygen atoms in total. The molecule has 1 aliphatic heterocycles. The van der Waals surface area contributed by atoms with Crippen LogP contribution in [0.25, 0.3) is 0 Å². The van der Waals surface area contributed by atoms with Crippen LogP contribution in [0.15, 0.2) is 0 Å². The van der Waals surface area contributed by atoms with Crippen molar-refractivity contribution in [1.29, 1.82) is 0 Å². The average Bonchev–Trinajstić information content (AvgIpc) is 3.08. The highest BCUT2D eigenvalue weighted by Gasteiger charge is 2.44. The number of nitrogens with two attached hydrogens (primary N) is 1. The molecular weight excluding hydrogens is 228 g/mol. The summed E-state index contributed by atoms with van der Waals surface area (Å²) in [4.78, 5) is 2.69. The Labute approximate surface area is 111 Å². The van der Waals surface area contributed by atoms with E-state index in [2.05, 4.69) is 37.4 Å². The summed E-state index contributed by atoms with van der Waals surface area (Å²) in [6.45, 7) is 10.4. The zero-order chi connectivity index (χ0) is 12.5. The molecule has 1 heterocycles. The molecule has 2 rings (SSSR count). The molecule has 2 aliphatic rings. The number of rotatable bonds is 5. The van der Waals surface area contributed by atoms with Gasteiger partial charge in [-0.2, -0.15) is 11.8 Å². The van der Waals surface area contributed by atoms with Gasteiger partial charge in [0, 0.05) is 24.4 Å². The molecule has 1 aliphatic carbocycles. The lowest BCUT2D eigenvalue weighted by atomic mass is 9.78. The third-order valence-corrected chi connectivity index (χ3v) is 6.01. The number of hydrogen-bond donors (Lipinski definition) is 1. The van der Waals surface area contributed by atoms with Crippen molar-refractivity contribution in [2.75, 3.05) is 31.1 Å². The van der Waals surface area contributed by atoms with Crippen LogP contribution in [0.1, 0.15) is 40.0 Å². The Morgan fingerprint density at radius 1 is 1.29 bits per heavy atom. The topological polar surface area (TPSA) is 29.3 Å². The van der Waals surface area contributed by atoms with E-state index in [0.717, 1.165) is 19.0 Å². The van der Waals surface area contributed by atoms with Crippen LogP contribution >= 0.6 is 11.8 Å². The van der Waals surface area contributed by atoms with Gasteiger partial charge in [0.05, 0.1) is 0 Å². The smallest absolute Gasteiger partial charge is 0.0427 e. The highest BCUT2D eigenvalue weighted by atomic mass is 32.2. The van der Waals surface area contributed by atoms with Crippen molar-refractivity contribution in [2.45, 2.75) is 45.6 Å². The van der Waals surface area contributed by atoms with Crippen molar-refractivity contribution >= 4 is 11.8 Å². The Bertz CT molecular complexity index is 263. The van der Waals surface area contributed by atoms with E-state index in [1.165, 1.54) is 37.3 Å². The van der Waals surface area contributed by atoms with Crippen molar-refractivity contribution in [3.8, 4) is 0 Å². The van der Waals surface area contributed by atoms with Crippen LogP contribution in [0.3, 0.4) is 0 Å². The summed E-state index contributed by atoms with van der Waals surface area (Å²) in [5.41, 5.74) is 6.89. The molecule has 0 radical (unpaired) electrons. The number of hydrogen-bond acceptors (Lipinski definition) is 3. The summed E-state index contributed by atoms with van der Waals surface area (Å²) in [6.07, 6.45) is 4.14. The predicted molar refractivity (Wildman–Crippen MR) is 77.5 cm³/mol. The van der Waals surface area contributed by atoms with Crippen LogP contribution in [0.2, 0.25) is 0 Å². The third-order valence-electron chi connectivity index (χ3n) is 4.28. The summed E-state index contributed by atoms with van der Waals surface area (Å²) < 4.78 is 0. The van der Waals surface area contributed by atoms with E-state index in [4.69, 9.17) is 5.73 Å². The van der Waals surface area contributed by atoms with Crippen molar-refractivity contribution in [3.05, 3.63) is 0 Å². The Kier molecular flexibility index (Phi) is 4.11. The minimum Gasteiger partial charge on any atom is -0.329 e. The summed E-state index contributed by atoms with van der Waals surface area (Å²) >= 11 is 2.10. The SMILES string of the molecule is CCN(CC1CC1)C1(CN)CSCC(C)(C)C1. The largest absolute Gasteiger partial charge is 0.329 e. The minimum atomic E-state index is 0.268. The number of likely N-dealkylation sites (N-methyl/N-ethyl adjacent to an activating group) is 1. The molecule has 3 heteroatoms. The second-order valence-electron chi connectivity index (χ2n) is 6.74. The Hall–Kier alpha value is 0.270. The highest BCUT2D eigenvalue weighted by molar-refractivity contribution is 7.99. The van der Waals surface area contributed by atoms with Crippen LogP contribution < -0.4 is 5.73 Å². The van der Waals surface area contributed by atoms with E-state index in [1.807, 2.05) is 0 Å². The maximum Gasteiger partial charge on any atom is 0.0427 e. The molecule has 1 unspecified atom stereocenters. The summed E-state index contributed by atoms with van der Waals surface area (Å²) in [5, 5.41) is 0. The standard InChI is InChI=1S/C14H28N2S/c1-4-16(7-12-5-6-12)14(9-15)8-13(2,3)10-17-11-14/h12H,4-11,15H2,1-3H3. The maximum atomic E-state index is 6.18. The Morgan fingerprint density at radius 3 is 2.47 bits per heavy atom. The second-order valence-corrected chi connectivity index (χ2v) is 7.73. The van der Waals surface area contributed by atoms with Gasteiger partial charge in [-0.15, -0.1) is 0 Å². The van der Waals surface area contributed by atoms with Gasteiger partial charge in [0.2, 0.25) is 0 Å². The van der Waals surface area contributed by atoms with E-state index in [0.29, 0.717) is 5.41 Å². The van der Waals surface area contributed by atoms with Crippen LogP contribution in [0, 0.1) is 11.3 Å². The molecule has 0 bridgehead atoms. The van der Waals surface area contributed by atoms with Crippen molar-refractivity contribution in [2.24, 2.45) is 17.1 Å². The van der Waals surface area contributed by atoms with Gasteiger partial charge in [-0.05, 0) is 42.9 Å². The van der Waals surface area contributed by atoms with Crippen LogP contribution in [0.5, 0.6) is 0 Å². The van der Waals surface area contributed by atoms with Crippen LogP contribution in [0.4, 0.5) is 0 Å². The molecule has 0 aromatic heterocycles. The van der Waals surface area contributed by atoms with Crippen LogP contribution in [-0.2, 0) is 0 Å². The van der Waals surface area contributed by atoms with Gasteiger partial charge >= 0.3 is 0 Å². The summed E-state index contributed by atoms with van der Waals surface area (Å²) in [5.74, 6) is 3.48. The quantitative estimate of drug-likeness (QED) is 0.820. The molecule has 1 saturated heterocycles. The van der Waals surface area contributed by atoms with E-state index < -0.39 is 0 Å². The lowest BCUT2D eigenvalue weighted by Gasteiger charge is -2.50. The van der Waals surface area contributed by atoms with Crippen molar-refractivity contribution in [3.63, 3.8) is 0 Å². The van der Waals surface area contributed by atoms with Crippen molar-refractivity contribution < 1.29 is 0 Å². The highest BCUT2D eigenvalue weighted by Crippen LogP contribution is 2.43. The van der Waals surface area contributed by atoms with Crippen molar-refractivity contribution in [1.82, 2.24) is 4.90 Å². The Balaban J connectivity index is 2.09. The second kappa shape index (κ2) is 5.10. The van der Waals surface area contributed by atoms with Gasteiger partial charge in [-0.1, -0.05) is 20.8 Å². The molecular formula is C14H28N2S. The molecule has 100 valence electrons. The van der Waals surface area contributed by atoms with Crippen LogP contribution in [-0.4, -0.2) is 41.6 Å². The number of nitrogens with zero attached hydrogens (tertiary/aromatic N) is 1. The monoisotopic (exact) mass is 256 g/mol. The van der Waals surface area contributed by atoms with Gasteiger partial charge in [0.1, 0.15) is 0 Å². The predicted octanol–water partition coefficient (Wildman–Crippen LogP) is 2.58. The molecule has 2 N–H and O–H groups in total. The van der Waals surface area contributed by atoms with E-state index in [1.54, 1.807) is 0 Å². The first-order valence-corrected chi connectivity index (χ1v) is 8.20. The van der Waals surface area contributed by atoms with E-state index >= 15 is 0 Å². The van der Waals surface area contributed by atoms with Gasteiger partial charge in [-0.25, -0.2) is 0 Å². The lowest BCUT2D eigenvalue weighted by Crippen LogP contribution is -2.60. The zero-order valence-electron chi connectivity index (χ0n) is 11.7. The van der Waals surface area contributed by atoms with Gasteiger partial charge in [-0.3, -0.25) is 4.90 Å². The molecule has 0 spiro atoms.